The third-order valence-corrected chi connectivity index (χ3v) is 3.64. The van der Waals surface area contributed by atoms with Crippen LogP contribution in [0.25, 0.3) is 0 Å². The molecule has 3 N–H and O–H groups in total. The topological polar surface area (TPSA) is 70.2 Å². The molecule has 1 aliphatic heterocycles. The number of aryl methyl sites for hydroxylation is 1. The van der Waals surface area contributed by atoms with E-state index in [9.17, 15) is 9.59 Å². The lowest BCUT2D eigenvalue weighted by Gasteiger charge is -2.22. The summed E-state index contributed by atoms with van der Waals surface area (Å²) < 4.78 is 0. The first-order valence-electron chi connectivity index (χ1n) is 6.96. The summed E-state index contributed by atoms with van der Waals surface area (Å²) in [6.07, 6.45) is 1.96. The van der Waals surface area contributed by atoms with Gasteiger partial charge < -0.3 is 16.0 Å². The third-order valence-electron chi connectivity index (χ3n) is 3.64. The van der Waals surface area contributed by atoms with Gasteiger partial charge in [0, 0.05) is 24.8 Å². The number of benzene rings is 1. The zero-order chi connectivity index (χ0) is 14.5. The third kappa shape index (κ3) is 3.36. The molecule has 1 atom stereocenters. The van der Waals surface area contributed by atoms with E-state index in [0.29, 0.717) is 5.56 Å². The average Bonchev–Trinajstić information content (AvgIpc) is 2.49. The Morgan fingerprint density at radius 3 is 2.75 bits per heavy atom. The summed E-state index contributed by atoms with van der Waals surface area (Å²) in [5.74, 6) is -0.0442. The second-order valence-electron chi connectivity index (χ2n) is 5.14. The van der Waals surface area contributed by atoms with E-state index in [1.807, 2.05) is 6.92 Å². The van der Waals surface area contributed by atoms with Crippen molar-refractivity contribution in [2.75, 3.05) is 25.5 Å². The van der Waals surface area contributed by atoms with Crippen LogP contribution in [0.4, 0.5) is 5.69 Å². The van der Waals surface area contributed by atoms with Crippen LogP contribution < -0.4 is 16.0 Å². The maximum Gasteiger partial charge on any atom is 0.251 e. The highest BCUT2D eigenvalue weighted by molar-refractivity contribution is 5.97. The number of rotatable bonds is 3. The van der Waals surface area contributed by atoms with Crippen LogP contribution in [0, 0.1) is 12.8 Å². The molecule has 1 saturated heterocycles. The summed E-state index contributed by atoms with van der Waals surface area (Å²) in [5.41, 5.74) is 2.26. The van der Waals surface area contributed by atoms with Gasteiger partial charge in [-0.2, -0.15) is 0 Å². The van der Waals surface area contributed by atoms with Crippen molar-refractivity contribution in [3.63, 3.8) is 0 Å². The maximum absolute atomic E-state index is 12.2. The summed E-state index contributed by atoms with van der Waals surface area (Å²) in [6, 6.07) is 5.29. The Bertz CT molecular complexity index is 508. The van der Waals surface area contributed by atoms with E-state index in [2.05, 4.69) is 16.0 Å². The molecule has 0 aromatic heterocycles. The maximum atomic E-state index is 12.2. The highest BCUT2D eigenvalue weighted by Gasteiger charge is 2.21. The number of hydrogen-bond acceptors (Lipinski definition) is 3. The van der Waals surface area contributed by atoms with Crippen LogP contribution >= 0.6 is 0 Å². The minimum Gasteiger partial charge on any atom is -0.355 e. The normalized spacial score (nSPS) is 18.4. The number of anilines is 1. The number of carbonyl (C=O) groups excluding carboxylic acids is 2. The van der Waals surface area contributed by atoms with Crippen LogP contribution in [0.5, 0.6) is 0 Å². The lowest BCUT2D eigenvalue weighted by atomic mass is 9.98. The number of piperidine rings is 1. The lowest BCUT2D eigenvalue weighted by molar-refractivity contribution is -0.120. The Morgan fingerprint density at radius 2 is 2.15 bits per heavy atom. The molecule has 1 fully saturated rings. The standard InChI is InChI=1S/C15H21N3O2/c1-10-8-11(14(19)16-2)5-6-13(10)18-15(20)12-4-3-7-17-9-12/h5-6,8,12,17H,3-4,7,9H2,1-2H3,(H,16,19)(H,18,20). The van der Waals surface area contributed by atoms with Gasteiger partial charge in [-0.15, -0.1) is 0 Å². The van der Waals surface area contributed by atoms with E-state index in [1.165, 1.54) is 0 Å². The van der Waals surface area contributed by atoms with Crippen molar-refractivity contribution >= 4 is 17.5 Å². The summed E-state index contributed by atoms with van der Waals surface area (Å²) in [5, 5.41) is 8.77. The predicted octanol–water partition coefficient (Wildman–Crippen LogP) is 1.29. The smallest absolute Gasteiger partial charge is 0.251 e. The molecule has 2 rings (SSSR count). The van der Waals surface area contributed by atoms with Gasteiger partial charge in [0.1, 0.15) is 0 Å². The van der Waals surface area contributed by atoms with E-state index in [-0.39, 0.29) is 17.7 Å². The Hall–Kier alpha value is -1.88. The molecule has 1 heterocycles. The van der Waals surface area contributed by atoms with E-state index in [4.69, 9.17) is 0 Å². The fourth-order valence-electron chi connectivity index (χ4n) is 2.40. The molecule has 0 saturated carbocycles. The fraction of sp³-hybridized carbons (Fsp3) is 0.467. The van der Waals surface area contributed by atoms with Crippen LogP contribution in [-0.2, 0) is 4.79 Å². The second kappa shape index (κ2) is 6.52. The molecule has 0 bridgehead atoms. The van der Waals surface area contributed by atoms with Crippen molar-refractivity contribution < 1.29 is 9.59 Å². The molecule has 1 aliphatic rings. The van der Waals surface area contributed by atoms with Crippen LogP contribution in [0.15, 0.2) is 18.2 Å². The zero-order valence-electron chi connectivity index (χ0n) is 12.0. The quantitative estimate of drug-likeness (QED) is 0.778. The van der Waals surface area contributed by atoms with Gasteiger partial charge in [-0.1, -0.05) is 0 Å². The zero-order valence-corrected chi connectivity index (χ0v) is 12.0. The van der Waals surface area contributed by atoms with Crippen LogP contribution in [0.2, 0.25) is 0 Å². The van der Waals surface area contributed by atoms with Crippen molar-refractivity contribution in [1.29, 1.82) is 0 Å². The van der Waals surface area contributed by atoms with Gasteiger partial charge in [0.25, 0.3) is 5.91 Å². The van der Waals surface area contributed by atoms with Crippen LogP contribution in [0.1, 0.15) is 28.8 Å². The van der Waals surface area contributed by atoms with Gasteiger partial charge in [0.05, 0.1) is 5.92 Å². The van der Waals surface area contributed by atoms with Gasteiger partial charge in [0.15, 0.2) is 0 Å². The number of amides is 2. The monoisotopic (exact) mass is 275 g/mol. The summed E-state index contributed by atoms with van der Waals surface area (Å²) in [6.45, 7) is 3.62. The first kappa shape index (κ1) is 14.5. The van der Waals surface area contributed by atoms with Gasteiger partial charge >= 0.3 is 0 Å². The molecule has 2 amide bonds. The van der Waals surface area contributed by atoms with Crippen molar-refractivity contribution in [1.82, 2.24) is 10.6 Å². The lowest BCUT2D eigenvalue weighted by Crippen LogP contribution is -2.37. The summed E-state index contributed by atoms with van der Waals surface area (Å²) >= 11 is 0. The van der Waals surface area contributed by atoms with E-state index >= 15 is 0 Å². The Kier molecular flexibility index (Phi) is 4.74. The molecule has 0 radical (unpaired) electrons. The minimum absolute atomic E-state index is 0.0294. The molecule has 5 heteroatoms. The molecule has 108 valence electrons. The van der Waals surface area contributed by atoms with E-state index < -0.39 is 0 Å². The summed E-state index contributed by atoms with van der Waals surface area (Å²) in [7, 11) is 1.60. The van der Waals surface area contributed by atoms with Crippen molar-refractivity contribution in [3.05, 3.63) is 29.3 Å². The predicted molar refractivity (Wildman–Crippen MR) is 78.8 cm³/mol. The summed E-state index contributed by atoms with van der Waals surface area (Å²) in [4.78, 5) is 23.7. The van der Waals surface area contributed by atoms with Crippen LogP contribution in [0.3, 0.4) is 0 Å². The molecule has 1 aromatic carbocycles. The van der Waals surface area contributed by atoms with Gasteiger partial charge in [-0.05, 0) is 50.1 Å². The first-order chi connectivity index (χ1) is 9.61. The molecule has 1 unspecified atom stereocenters. The van der Waals surface area contributed by atoms with Crippen molar-refractivity contribution in [2.24, 2.45) is 5.92 Å². The Balaban J connectivity index is 2.05. The SMILES string of the molecule is CNC(=O)c1ccc(NC(=O)C2CCCNC2)c(C)c1. The number of carbonyl (C=O) groups is 2. The van der Waals surface area contributed by atoms with E-state index in [0.717, 1.165) is 37.2 Å². The van der Waals surface area contributed by atoms with Gasteiger partial charge in [-0.3, -0.25) is 9.59 Å². The molecular formula is C15H21N3O2. The number of nitrogens with one attached hydrogen (secondary N) is 3. The molecule has 1 aromatic rings. The number of hydrogen-bond donors (Lipinski definition) is 3. The molecule has 0 spiro atoms. The van der Waals surface area contributed by atoms with Crippen molar-refractivity contribution in [2.45, 2.75) is 19.8 Å². The van der Waals surface area contributed by atoms with Gasteiger partial charge in [-0.25, -0.2) is 0 Å². The average molecular weight is 275 g/mol. The molecule has 20 heavy (non-hydrogen) atoms. The van der Waals surface area contributed by atoms with Gasteiger partial charge in [0.2, 0.25) is 5.91 Å². The van der Waals surface area contributed by atoms with Crippen molar-refractivity contribution in [3.8, 4) is 0 Å². The molecular weight excluding hydrogens is 254 g/mol. The van der Waals surface area contributed by atoms with E-state index in [1.54, 1.807) is 25.2 Å². The Morgan fingerprint density at radius 1 is 1.35 bits per heavy atom. The molecule has 5 nitrogen and oxygen atoms in total. The Labute approximate surface area is 119 Å². The first-order valence-corrected chi connectivity index (χ1v) is 6.96. The highest BCUT2D eigenvalue weighted by Crippen LogP contribution is 2.19. The fourth-order valence-corrected chi connectivity index (χ4v) is 2.40. The minimum atomic E-state index is -0.123. The largest absolute Gasteiger partial charge is 0.355 e. The highest BCUT2D eigenvalue weighted by atomic mass is 16.2. The second-order valence-corrected chi connectivity index (χ2v) is 5.14. The van der Waals surface area contributed by atoms with Crippen LogP contribution in [-0.4, -0.2) is 32.0 Å². The molecule has 0 aliphatic carbocycles.